The molecule has 2 aromatic rings. The second kappa shape index (κ2) is 11.7. The molecule has 0 aromatic carbocycles. The van der Waals surface area contributed by atoms with Gasteiger partial charge in [0.05, 0.1) is 40.2 Å². The summed E-state index contributed by atoms with van der Waals surface area (Å²) in [5.74, 6) is 1.79. The van der Waals surface area contributed by atoms with Gasteiger partial charge < -0.3 is 19.9 Å². The van der Waals surface area contributed by atoms with Crippen LogP contribution in [0.2, 0.25) is 5.02 Å². The van der Waals surface area contributed by atoms with Crippen LogP contribution >= 0.6 is 11.6 Å². The largest absolute Gasteiger partial charge is 0.475 e. The van der Waals surface area contributed by atoms with Crippen molar-refractivity contribution in [3.8, 4) is 23.2 Å². The number of anilines is 1. The first-order valence-corrected chi connectivity index (χ1v) is 13.2. The van der Waals surface area contributed by atoms with Crippen molar-refractivity contribution in [2.45, 2.75) is 76.9 Å². The Labute approximate surface area is 218 Å². The normalized spacial score (nSPS) is 22.0. The lowest BCUT2D eigenvalue weighted by atomic mass is 9.81. The molecule has 2 fully saturated rings. The number of hydrogen-bond acceptors (Lipinski definition) is 8. The number of rotatable bonds is 9. The van der Waals surface area contributed by atoms with Crippen LogP contribution in [-0.2, 0) is 4.74 Å². The molecule has 0 unspecified atom stereocenters. The molecule has 0 amide bonds. The number of nitrogens with one attached hydrogen (secondary N) is 1. The fraction of sp³-hybridized carbons (Fsp3) is 0.630. The number of halogens is 1. The maximum absolute atomic E-state index is 10.0. The van der Waals surface area contributed by atoms with E-state index in [9.17, 15) is 10.4 Å². The molecule has 2 N–H and O–H groups in total. The monoisotopic (exact) mass is 513 g/mol. The van der Waals surface area contributed by atoms with E-state index in [1.165, 1.54) is 0 Å². The van der Waals surface area contributed by atoms with Crippen LogP contribution in [0.5, 0.6) is 5.88 Å². The van der Waals surface area contributed by atoms with Gasteiger partial charge in [-0.05, 0) is 77.2 Å². The first-order valence-electron chi connectivity index (χ1n) is 12.8. The summed E-state index contributed by atoms with van der Waals surface area (Å²) in [6.45, 7) is 5.14. The number of nitrogens with zero attached hydrogens (tertiary/aromatic N) is 4. The molecule has 36 heavy (non-hydrogen) atoms. The summed E-state index contributed by atoms with van der Waals surface area (Å²) in [5, 5.41) is 23.7. The highest BCUT2D eigenvalue weighted by Gasteiger charge is 2.34. The van der Waals surface area contributed by atoms with Crippen LogP contribution in [0.15, 0.2) is 24.7 Å². The van der Waals surface area contributed by atoms with Gasteiger partial charge in [-0.2, -0.15) is 5.26 Å². The Bertz CT molecular complexity index is 1050. The lowest BCUT2D eigenvalue weighted by Crippen LogP contribution is -2.34. The first kappa shape index (κ1) is 26.6. The molecule has 194 valence electrons. The minimum absolute atomic E-state index is 0.250. The van der Waals surface area contributed by atoms with E-state index < -0.39 is 11.0 Å². The van der Waals surface area contributed by atoms with E-state index in [1.54, 1.807) is 18.6 Å². The minimum Gasteiger partial charge on any atom is -0.475 e. The summed E-state index contributed by atoms with van der Waals surface area (Å²) in [6.07, 6.45) is 12.5. The topological polar surface area (TPSA) is 113 Å². The van der Waals surface area contributed by atoms with Gasteiger partial charge in [0.1, 0.15) is 12.4 Å². The summed E-state index contributed by atoms with van der Waals surface area (Å²) in [4.78, 5) is 13.4. The molecule has 0 bridgehead atoms. The fourth-order valence-electron chi connectivity index (χ4n) is 4.89. The van der Waals surface area contributed by atoms with E-state index in [0.29, 0.717) is 54.6 Å². The smallest absolute Gasteiger partial charge is 0.232 e. The maximum Gasteiger partial charge on any atom is 0.232 e. The van der Waals surface area contributed by atoms with Crippen molar-refractivity contribution in [3.05, 3.63) is 29.7 Å². The zero-order valence-corrected chi connectivity index (χ0v) is 21.9. The van der Waals surface area contributed by atoms with Crippen molar-refractivity contribution in [1.29, 1.82) is 5.26 Å². The van der Waals surface area contributed by atoms with Crippen LogP contribution in [-0.4, -0.2) is 51.5 Å². The van der Waals surface area contributed by atoms with Crippen LogP contribution in [0, 0.1) is 22.7 Å². The van der Waals surface area contributed by atoms with Crippen LogP contribution in [0.4, 0.5) is 5.82 Å². The van der Waals surface area contributed by atoms with Gasteiger partial charge in [-0.3, -0.25) is 4.98 Å². The minimum atomic E-state index is -0.591. The van der Waals surface area contributed by atoms with Gasteiger partial charge in [-0.1, -0.05) is 11.6 Å². The third kappa shape index (κ3) is 7.28. The third-order valence-electron chi connectivity index (χ3n) is 7.29. The van der Waals surface area contributed by atoms with Crippen LogP contribution in [0.25, 0.3) is 11.3 Å². The summed E-state index contributed by atoms with van der Waals surface area (Å²) in [7, 11) is 0. The second-order valence-electron chi connectivity index (χ2n) is 10.8. The number of pyridine rings is 1. The lowest BCUT2D eigenvalue weighted by molar-refractivity contribution is 0.0182. The Morgan fingerprint density at radius 1 is 1.22 bits per heavy atom. The average Bonchev–Trinajstić information content (AvgIpc) is 2.88. The van der Waals surface area contributed by atoms with Crippen LogP contribution in [0.3, 0.4) is 0 Å². The van der Waals surface area contributed by atoms with Gasteiger partial charge in [0.15, 0.2) is 0 Å². The molecule has 3 heterocycles. The zero-order valence-electron chi connectivity index (χ0n) is 21.2. The summed E-state index contributed by atoms with van der Waals surface area (Å²) >= 11 is 6.48. The van der Waals surface area contributed by atoms with Crippen molar-refractivity contribution in [2.75, 3.05) is 25.1 Å². The Morgan fingerprint density at radius 3 is 2.67 bits per heavy atom. The number of aromatic nitrogens is 3. The molecule has 1 aliphatic heterocycles. The van der Waals surface area contributed by atoms with E-state index >= 15 is 0 Å². The van der Waals surface area contributed by atoms with Crippen molar-refractivity contribution < 1.29 is 14.6 Å². The molecule has 2 aliphatic rings. The molecule has 1 aliphatic carbocycles. The van der Waals surface area contributed by atoms with Gasteiger partial charge in [0, 0.05) is 31.0 Å². The van der Waals surface area contributed by atoms with E-state index in [1.807, 2.05) is 19.9 Å². The Hall–Kier alpha value is -2.47. The predicted molar refractivity (Wildman–Crippen MR) is 139 cm³/mol. The second-order valence-corrected chi connectivity index (χ2v) is 11.2. The number of ether oxygens (including phenoxy) is 2. The highest BCUT2D eigenvalue weighted by Crippen LogP contribution is 2.34. The quantitative estimate of drug-likeness (QED) is 0.457. The molecule has 1 saturated carbocycles. The molecule has 0 spiro atoms. The van der Waals surface area contributed by atoms with E-state index in [0.717, 1.165) is 49.9 Å². The Kier molecular flexibility index (Phi) is 8.66. The highest BCUT2D eigenvalue weighted by molar-refractivity contribution is 6.33. The SMILES string of the molecule is CC(C)(O)CCC1CCC(Nc2cc(-c3cncc(OCC4(C#N)CCOCC4)n3)c(Cl)cn2)CC1. The number of nitriles is 1. The molecule has 1 saturated heterocycles. The Morgan fingerprint density at radius 2 is 1.97 bits per heavy atom. The fourth-order valence-corrected chi connectivity index (χ4v) is 5.09. The van der Waals surface area contributed by atoms with Gasteiger partial charge in [0.2, 0.25) is 5.88 Å². The number of aliphatic hydroxyl groups is 1. The van der Waals surface area contributed by atoms with Crippen molar-refractivity contribution in [3.63, 3.8) is 0 Å². The van der Waals surface area contributed by atoms with Crippen molar-refractivity contribution >= 4 is 17.4 Å². The van der Waals surface area contributed by atoms with Crippen LogP contribution < -0.4 is 10.1 Å². The zero-order chi connectivity index (χ0) is 25.6. The van der Waals surface area contributed by atoms with Gasteiger partial charge >= 0.3 is 0 Å². The molecule has 0 atom stereocenters. The average molecular weight is 514 g/mol. The first-order chi connectivity index (χ1) is 17.3. The molecular weight excluding hydrogens is 478 g/mol. The standard InChI is InChI=1S/C27H36ClN5O3/c1-26(2,34)8-7-19-3-5-20(6-4-19)32-24-13-21(22(28)14-31-24)23-15-30-16-25(33-23)36-18-27(17-29)9-11-35-12-10-27/h13-16,19-20,34H,3-12,18H2,1-2H3,(H,31,32). The highest BCUT2D eigenvalue weighted by atomic mass is 35.5. The molecular formula is C27H36ClN5O3. The molecule has 0 radical (unpaired) electrons. The molecule has 8 nitrogen and oxygen atoms in total. The van der Waals surface area contributed by atoms with Gasteiger partial charge in [0.25, 0.3) is 0 Å². The lowest BCUT2D eigenvalue weighted by Gasteiger charge is -2.31. The molecule has 4 rings (SSSR count). The predicted octanol–water partition coefficient (Wildman–Crippen LogP) is 5.41. The maximum atomic E-state index is 10.0. The van der Waals surface area contributed by atoms with E-state index in [4.69, 9.17) is 21.1 Å². The van der Waals surface area contributed by atoms with Crippen LogP contribution in [0.1, 0.15) is 65.2 Å². The van der Waals surface area contributed by atoms with Gasteiger partial charge in [-0.15, -0.1) is 0 Å². The van der Waals surface area contributed by atoms with Gasteiger partial charge in [-0.25, -0.2) is 9.97 Å². The summed E-state index contributed by atoms with van der Waals surface area (Å²) in [6, 6.07) is 4.67. The van der Waals surface area contributed by atoms with Crippen molar-refractivity contribution in [2.24, 2.45) is 11.3 Å². The third-order valence-corrected chi connectivity index (χ3v) is 7.59. The summed E-state index contributed by atoms with van der Waals surface area (Å²) in [5.41, 5.74) is 0.170. The number of hydrogen-bond donors (Lipinski definition) is 2. The Balaban J connectivity index is 1.37. The summed E-state index contributed by atoms with van der Waals surface area (Å²) < 4.78 is 11.3. The van der Waals surface area contributed by atoms with Crippen molar-refractivity contribution in [1.82, 2.24) is 15.0 Å². The van der Waals surface area contributed by atoms with E-state index in [2.05, 4.69) is 26.3 Å². The molecule has 2 aromatic heterocycles. The molecule has 9 heteroatoms. The van der Waals surface area contributed by atoms with E-state index in [-0.39, 0.29) is 6.61 Å².